The summed E-state index contributed by atoms with van der Waals surface area (Å²) in [4.78, 5) is 15.5. The fraction of sp³-hybridized carbons (Fsp3) is 0.190. The molecule has 0 radical (unpaired) electrons. The number of fused-ring (bicyclic) bond motifs is 3. The lowest BCUT2D eigenvalue weighted by Crippen LogP contribution is -2.18. The summed E-state index contributed by atoms with van der Waals surface area (Å²) in [6, 6.07) is 8.42. The van der Waals surface area contributed by atoms with Crippen LogP contribution in [-0.2, 0) is 13.0 Å². The molecule has 0 amide bonds. The number of rotatable bonds is 4. The van der Waals surface area contributed by atoms with Gasteiger partial charge in [-0.05, 0) is 41.1 Å². The molecule has 7 heteroatoms. The quantitative estimate of drug-likeness (QED) is 0.448. The van der Waals surface area contributed by atoms with Crippen molar-refractivity contribution in [2.75, 3.05) is 0 Å². The van der Waals surface area contributed by atoms with Gasteiger partial charge in [0.15, 0.2) is 0 Å². The number of benzene rings is 1. The summed E-state index contributed by atoms with van der Waals surface area (Å²) in [5.41, 5.74) is 2.85. The van der Waals surface area contributed by atoms with E-state index >= 15 is 0 Å². The van der Waals surface area contributed by atoms with Crippen LogP contribution in [0.4, 0.5) is 13.2 Å². The third-order valence-corrected chi connectivity index (χ3v) is 5.71. The summed E-state index contributed by atoms with van der Waals surface area (Å²) in [5.74, 6) is 0. The molecule has 1 N–H and O–H groups in total. The van der Waals surface area contributed by atoms with Gasteiger partial charge in [0.2, 0.25) is 5.56 Å². The largest absolute Gasteiger partial charge is 0.406 e. The number of nitrogens with one attached hydrogen (secondary N) is 1. The third kappa shape index (κ3) is 2.96. The van der Waals surface area contributed by atoms with E-state index in [1.54, 1.807) is 18.2 Å². The van der Waals surface area contributed by atoms with Gasteiger partial charge in [0.1, 0.15) is 6.54 Å². The van der Waals surface area contributed by atoms with Gasteiger partial charge >= 0.3 is 6.18 Å². The monoisotopic (exact) mass is 402 g/mol. The zero-order chi connectivity index (χ0) is 20.1. The van der Waals surface area contributed by atoms with Gasteiger partial charge in [-0.1, -0.05) is 25.6 Å². The van der Waals surface area contributed by atoms with E-state index in [0.717, 1.165) is 21.2 Å². The minimum Gasteiger partial charge on any atom is -0.330 e. The Morgan fingerprint density at radius 1 is 1.25 bits per heavy atom. The molecule has 144 valence electrons. The number of alkyl halides is 3. The van der Waals surface area contributed by atoms with Crippen molar-refractivity contribution in [3.05, 3.63) is 63.8 Å². The maximum atomic E-state index is 13.4. The molecule has 0 aliphatic rings. The lowest BCUT2D eigenvalue weighted by atomic mass is 9.99. The molecule has 28 heavy (non-hydrogen) atoms. The predicted octanol–water partition coefficient (Wildman–Crippen LogP) is 5.98. The van der Waals surface area contributed by atoms with Crippen molar-refractivity contribution in [3.63, 3.8) is 0 Å². The molecule has 0 aliphatic carbocycles. The van der Waals surface area contributed by atoms with Crippen LogP contribution in [-0.4, -0.2) is 15.7 Å². The van der Waals surface area contributed by atoms with Gasteiger partial charge in [-0.2, -0.15) is 13.2 Å². The molecule has 4 aromatic rings. The van der Waals surface area contributed by atoms with Gasteiger partial charge in [0.25, 0.3) is 0 Å². The summed E-state index contributed by atoms with van der Waals surface area (Å²) in [7, 11) is 0. The fourth-order valence-corrected chi connectivity index (χ4v) is 4.66. The van der Waals surface area contributed by atoms with Crippen molar-refractivity contribution in [2.24, 2.45) is 0 Å². The molecular weight excluding hydrogens is 385 g/mol. The van der Waals surface area contributed by atoms with Gasteiger partial charge < -0.3 is 9.55 Å². The smallest absolute Gasteiger partial charge is 0.330 e. The second kappa shape index (κ2) is 6.67. The number of aryl methyl sites for hydroxylation is 1. The first-order chi connectivity index (χ1) is 13.3. The van der Waals surface area contributed by atoms with E-state index in [1.807, 2.05) is 24.4 Å². The normalized spacial score (nSPS) is 12.1. The predicted molar refractivity (Wildman–Crippen MR) is 109 cm³/mol. The van der Waals surface area contributed by atoms with Crippen LogP contribution in [0.25, 0.3) is 38.5 Å². The lowest BCUT2D eigenvalue weighted by molar-refractivity contribution is -0.139. The Morgan fingerprint density at radius 3 is 2.64 bits per heavy atom. The first-order valence-electron chi connectivity index (χ1n) is 8.78. The van der Waals surface area contributed by atoms with Gasteiger partial charge in [0.05, 0.1) is 10.6 Å². The molecule has 0 aliphatic heterocycles. The van der Waals surface area contributed by atoms with Crippen LogP contribution in [0.5, 0.6) is 0 Å². The van der Waals surface area contributed by atoms with Gasteiger partial charge in [0, 0.05) is 27.9 Å². The highest BCUT2D eigenvalue weighted by Crippen LogP contribution is 2.41. The SMILES string of the molecule is C=Cc1cc(=O)[nH]c2ccc3c(c(CC)c(-c4cccs4)n3CC(F)(F)F)c12. The molecule has 3 aromatic heterocycles. The molecule has 3 heterocycles. The number of aromatic amines is 1. The van der Waals surface area contributed by atoms with Crippen molar-refractivity contribution in [1.82, 2.24) is 9.55 Å². The number of halogens is 3. The average Bonchev–Trinajstić information content (AvgIpc) is 3.25. The molecule has 0 unspecified atom stereocenters. The van der Waals surface area contributed by atoms with E-state index in [9.17, 15) is 18.0 Å². The number of hydrogen-bond acceptors (Lipinski definition) is 2. The average molecular weight is 402 g/mol. The fourth-order valence-electron chi connectivity index (χ4n) is 3.85. The van der Waals surface area contributed by atoms with Crippen molar-refractivity contribution >= 4 is 39.2 Å². The van der Waals surface area contributed by atoms with Crippen molar-refractivity contribution in [3.8, 4) is 10.6 Å². The molecular formula is C21H17F3N2OS. The zero-order valence-electron chi connectivity index (χ0n) is 15.1. The van der Waals surface area contributed by atoms with Crippen molar-refractivity contribution < 1.29 is 13.2 Å². The molecule has 0 fully saturated rings. The lowest BCUT2D eigenvalue weighted by Gasteiger charge is -2.13. The van der Waals surface area contributed by atoms with Crippen LogP contribution in [0.2, 0.25) is 0 Å². The molecule has 0 atom stereocenters. The first kappa shape index (κ1) is 18.6. The Bertz CT molecular complexity index is 1250. The van der Waals surface area contributed by atoms with E-state index < -0.39 is 12.7 Å². The van der Waals surface area contributed by atoms with Gasteiger partial charge in [-0.25, -0.2) is 0 Å². The molecule has 0 bridgehead atoms. The Kier molecular flexibility index (Phi) is 4.42. The van der Waals surface area contributed by atoms with E-state index in [0.29, 0.717) is 28.7 Å². The summed E-state index contributed by atoms with van der Waals surface area (Å²) < 4.78 is 41.7. The minimum atomic E-state index is -4.36. The molecule has 0 saturated heterocycles. The molecule has 1 aromatic carbocycles. The third-order valence-electron chi connectivity index (χ3n) is 4.83. The topological polar surface area (TPSA) is 37.8 Å². The molecule has 4 rings (SSSR count). The standard InChI is InChI=1S/C21H17F3N2OS/c1-3-12-10-17(27)25-14-7-8-15-19(18(12)14)13(4-2)20(16-6-5-9-28-16)26(15)11-21(22,23)24/h3,5-10H,1,4,11H2,2H3,(H,25,27). The van der Waals surface area contributed by atoms with Crippen LogP contribution < -0.4 is 5.56 Å². The first-order valence-corrected chi connectivity index (χ1v) is 9.66. The van der Waals surface area contributed by atoms with E-state index in [4.69, 9.17) is 0 Å². The van der Waals surface area contributed by atoms with Crippen LogP contribution >= 0.6 is 11.3 Å². The van der Waals surface area contributed by atoms with E-state index in [1.165, 1.54) is 22.0 Å². The highest BCUT2D eigenvalue weighted by molar-refractivity contribution is 7.13. The van der Waals surface area contributed by atoms with Crippen LogP contribution in [0, 0.1) is 0 Å². The summed E-state index contributed by atoms with van der Waals surface area (Å²) in [5, 5.41) is 3.32. The van der Waals surface area contributed by atoms with E-state index in [-0.39, 0.29) is 5.56 Å². The highest BCUT2D eigenvalue weighted by atomic mass is 32.1. The molecule has 0 saturated carbocycles. The van der Waals surface area contributed by atoms with Crippen molar-refractivity contribution in [1.29, 1.82) is 0 Å². The number of H-pyrrole nitrogens is 1. The summed E-state index contributed by atoms with van der Waals surface area (Å²) in [6.07, 6.45) is -2.23. The Balaban J connectivity index is 2.24. The number of pyridine rings is 1. The van der Waals surface area contributed by atoms with Crippen LogP contribution in [0.3, 0.4) is 0 Å². The summed E-state index contributed by atoms with van der Waals surface area (Å²) in [6.45, 7) is 4.64. The maximum Gasteiger partial charge on any atom is 0.406 e. The van der Waals surface area contributed by atoms with E-state index in [2.05, 4.69) is 11.6 Å². The van der Waals surface area contributed by atoms with Crippen LogP contribution in [0.15, 0.2) is 47.1 Å². The highest BCUT2D eigenvalue weighted by Gasteiger charge is 2.32. The zero-order valence-corrected chi connectivity index (χ0v) is 15.9. The van der Waals surface area contributed by atoms with Crippen molar-refractivity contribution in [2.45, 2.75) is 26.1 Å². The van der Waals surface area contributed by atoms with Gasteiger partial charge in [-0.3, -0.25) is 4.79 Å². The Hall–Kier alpha value is -2.80. The van der Waals surface area contributed by atoms with Gasteiger partial charge in [-0.15, -0.1) is 11.3 Å². The second-order valence-electron chi connectivity index (χ2n) is 6.53. The Morgan fingerprint density at radius 2 is 2.04 bits per heavy atom. The number of thiophene rings is 1. The number of aromatic nitrogens is 2. The van der Waals surface area contributed by atoms with Crippen LogP contribution in [0.1, 0.15) is 18.1 Å². The maximum absolute atomic E-state index is 13.4. The summed E-state index contributed by atoms with van der Waals surface area (Å²) >= 11 is 1.41. The number of nitrogens with zero attached hydrogens (tertiary/aromatic N) is 1. The Labute approximate surface area is 162 Å². The molecule has 0 spiro atoms. The molecule has 3 nitrogen and oxygen atoms in total. The minimum absolute atomic E-state index is 0.270. The second-order valence-corrected chi connectivity index (χ2v) is 7.48. The number of hydrogen-bond donors (Lipinski definition) is 1.